The molecular weight excluding hydrogens is 567 g/mol. The van der Waals surface area contributed by atoms with E-state index in [1.807, 2.05) is 23.5 Å². The zero-order chi connectivity index (χ0) is 29.7. The molecule has 0 radical (unpaired) electrons. The summed E-state index contributed by atoms with van der Waals surface area (Å²) in [5, 5.41) is 4.79. The highest BCUT2D eigenvalue weighted by Gasteiger charge is 2.20. The zero-order valence-corrected chi connectivity index (χ0v) is 25.2. The number of rotatable bonds is 5. The molecular formula is C42H27NOS. The van der Waals surface area contributed by atoms with Crippen LogP contribution in [-0.4, -0.2) is 0 Å². The van der Waals surface area contributed by atoms with Gasteiger partial charge in [-0.3, -0.25) is 0 Å². The van der Waals surface area contributed by atoms with Gasteiger partial charge in [0.05, 0.1) is 11.1 Å². The summed E-state index contributed by atoms with van der Waals surface area (Å²) in [7, 11) is 0. The van der Waals surface area contributed by atoms with Gasteiger partial charge in [0.15, 0.2) is 0 Å². The Morgan fingerprint density at radius 1 is 0.400 bits per heavy atom. The summed E-state index contributed by atoms with van der Waals surface area (Å²) in [6.45, 7) is 0. The molecule has 0 atom stereocenters. The second-order valence-electron chi connectivity index (χ2n) is 11.4. The second-order valence-corrected chi connectivity index (χ2v) is 12.4. The predicted molar refractivity (Wildman–Crippen MR) is 192 cm³/mol. The van der Waals surface area contributed by atoms with Crippen LogP contribution in [0.3, 0.4) is 0 Å². The third-order valence-corrected chi connectivity index (χ3v) is 9.82. The molecule has 2 aromatic heterocycles. The molecule has 0 bridgehead atoms. The fourth-order valence-electron chi connectivity index (χ4n) is 6.53. The normalized spacial score (nSPS) is 11.6. The quantitative estimate of drug-likeness (QED) is 0.197. The van der Waals surface area contributed by atoms with E-state index in [0.29, 0.717) is 0 Å². The molecule has 0 fully saturated rings. The van der Waals surface area contributed by atoms with E-state index in [1.54, 1.807) is 0 Å². The van der Waals surface area contributed by atoms with Crippen LogP contribution >= 0.6 is 11.3 Å². The summed E-state index contributed by atoms with van der Waals surface area (Å²) < 4.78 is 8.94. The third-order valence-electron chi connectivity index (χ3n) is 8.67. The van der Waals surface area contributed by atoms with Gasteiger partial charge in [0.25, 0.3) is 0 Å². The van der Waals surface area contributed by atoms with Crippen molar-refractivity contribution in [1.82, 2.24) is 0 Å². The average molecular weight is 594 g/mol. The largest absolute Gasteiger partial charge is 0.456 e. The number of fused-ring (bicyclic) bond motifs is 6. The fraction of sp³-hybridized carbons (Fsp3) is 0. The summed E-state index contributed by atoms with van der Waals surface area (Å²) in [5.74, 6) is 0. The predicted octanol–water partition coefficient (Wildman–Crippen LogP) is 12.8. The highest BCUT2D eigenvalue weighted by Crippen LogP contribution is 2.45. The smallest absolute Gasteiger partial charge is 0.137 e. The van der Waals surface area contributed by atoms with Gasteiger partial charge in [0.1, 0.15) is 11.2 Å². The lowest BCUT2D eigenvalue weighted by molar-refractivity contribution is 0.669. The fourth-order valence-corrected chi connectivity index (χ4v) is 7.62. The Hall–Kier alpha value is -5.64. The van der Waals surface area contributed by atoms with Gasteiger partial charge in [0.2, 0.25) is 0 Å². The Morgan fingerprint density at radius 3 is 1.89 bits per heavy atom. The van der Waals surface area contributed by atoms with Crippen molar-refractivity contribution >= 4 is 70.5 Å². The van der Waals surface area contributed by atoms with Gasteiger partial charge in [0, 0.05) is 36.9 Å². The maximum atomic E-state index is 6.35. The minimum Gasteiger partial charge on any atom is -0.456 e. The number of nitrogens with zero attached hydrogens (tertiary/aromatic N) is 1. The lowest BCUT2D eigenvalue weighted by Crippen LogP contribution is -2.10. The number of furan rings is 1. The molecule has 0 saturated carbocycles. The summed E-state index contributed by atoms with van der Waals surface area (Å²) in [6, 6.07) is 58.5. The first-order valence-electron chi connectivity index (χ1n) is 15.2. The summed E-state index contributed by atoms with van der Waals surface area (Å²) in [6.07, 6.45) is 0. The Kier molecular flexibility index (Phi) is 6.03. The second kappa shape index (κ2) is 10.5. The van der Waals surface area contributed by atoms with E-state index >= 15 is 0 Å². The van der Waals surface area contributed by atoms with E-state index in [4.69, 9.17) is 4.42 Å². The van der Waals surface area contributed by atoms with Gasteiger partial charge >= 0.3 is 0 Å². The molecule has 2 heterocycles. The van der Waals surface area contributed by atoms with Crippen molar-refractivity contribution in [2.75, 3.05) is 4.90 Å². The van der Waals surface area contributed by atoms with Gasteiger partial charge in [-0.05, 0) is 76.9 Å². The molecule has 0 spiro atoms. The number of anilines is 3. The maximum Gasteiger partial charge on any atom is 0.137 e. The Balaban J connectivity index is 1.24. The van der Waals surface area contributed by atoms with Crippen LogP contribution in [0.4, 0.5) is 17.1 Å². The van der Waals surface area contributed by atoms with Crippen LogP contribution in [0.2, 0.25) is 0 Å². The van der Waals surface area contributed by atoms with E-state index in [-0.39, 0.29) is 0 Å². The van der Waals surface area contributed by atoms with Gasteiger partial charge < -0.3 is 9.32 Å². The van der Waals surface area contributed by atoms with Crippen LogP contribution in [0.25, 0.3) is 64.4 Å². The highest BCUT2D eigenvalue weighted by atomic mass is 32.1. The average Bonchev–Trinajstić information content (AvgIpc) is 3.68. The molecule has 212 valence electrons. The molecule has 9 aromatic rings. The topological polar surface area (TPSA) is 16.4 Å². The molecule has 45 heavy (non-hydrogen) atoms. The van der Waals surface area contributed by atoms with Crippen LogP contribution in [-0.2, 0) is 0 Å². The van der Waals surface area contributed by atoms with Gasteiger partial charge in [-0.15, -0.1) is 11.3 Å². The molecule has 0 aliphatic rings. The first kappa shape index (κ1) is 25.8. The monoisotopic (exact) mass is 593 g/mol. The highest BCUT2D eigenvalue weighted by molar-refractivity contribution is 7.25. The molecule has 3 heteroatoms. The van der Waals surface area contributed by atoms with Gasteiger partial charge in [-0.1, -0.05) is 109 Å². The van der Waals surface area contributed by atoms with Crippen molar-refractivity contribution in [1.29, 1.82) is 0 Å². The van der Waals surface area contributed by atoms with Crippen molar-refractivity contribution in [2.24, 2.45) is 0 Å². The Labute approximate surface area is 265 Å². The summed E-state index contributed by atoms with van der Waals surface area (Å²) in [4.78, 5) is 2.39. The molecule has 0 saturated heterocycles. The third kappa shape index (κ3) is 4.40. The van der Waals surface area contributed by atoms with Crippen LogP contribution in [0.1, 0.15) is 0 Å². The first-order valence-corrected chi connectivity index (χ1v) is 16.0. The molecule has 0 amide bonds. The molecule has 0 aliphatic carbocycles. The van der Waals surface area contributed by atoms with E-state index < -0.39 is 0 Å². The maximum absolute atomic E-state index is 6.35. The van der Waals surface area contributed by atoms with Crippen molar-refractivity contribution in [2.45, 2.75) is 0 Å². The van der Waals surface area contributed by atoms with Gasteiger partial charge in [-0.25, -0.2) is 0 Å². The molecule has 2 nitrogen and oxygen atoms in total. The summed E-state index contributed by atoms with van der Waals surface area (Å²) >= 11 is 1.85. The minimum atomic E-state index is 0.883. The Bertz CT molecular complexity index is 2490. The van der Waals surface area contributed by atoms with Crippen molar-refractivity contribution in [3.05, 3.63) is 164 Å². The SMILES string of the molecule is c1ccc(-c2ccc(-c3cccc(N(c4ccc5sc6ccccc6c5c4)c4cccc5oc6ccccc6c45)c3)cc2)cc1. The first-order chi connectivity index (χ1) is 22.3. The minimum absolute atomic E-state index is 0.883. The molecule has 0 unspecified atom stereocenters. The zero-order valence-electron chi connectivity index (χ0n) is 24.4. The van der Waals surface area contributed by atoms with E-state index in [1.165, 1.54) is 42.4 Å². The van der Waals surface area contributed by atoms with Crippen molar-refractivity contribution < 1.29 is 4.42 Å². The molecule has 9 rings (SSSR count). The number of benzene rings is 7. The standard InChI is InChI=1S/C42H27NOS/c1-2-10-28(11-3-1)29-20-22-30(23-21-29)31-12-8-13-32(26-31)43(33-24-25-41-36(27-33)34-14-5-7-19-40(34)45-41)37-16-9-18-39-42(37)35-15-4-6-17-38(35)44-39/h1-27H. The van der Waals surface area contributed by atoms with Crippen molar-refractivity contribution in [3.63, 3.8) is 0 Å². The van der Waals surface area contributed by atoms with Crippen LogP contribution in [0, 0.1) is 0 Å². The lowest BCUT2D eigenvalue weighted by Gasteiger charge is -2.27. The van der Waals surface area contributed by atoms with E-state index in [0.717, 1.165) is 39.0 Å². The number of thiophene rings is 1. The van der Waals surface area contributed by atoms with E-state index in [9.17, 15) is 0 Å². The van der Waals surface area contributed by atoms with E-state index in [2.05, 4.69) is 157 Å². The Morgan fingerprint density at radius 2 is 1.02 bits per heavy atom. The molecule has 0 N–H and O–H groups in total. The lowest BCUT2D eigenvalue weighted by atomic mass is 9.99. The van der Waals surface area contributed by atoms with Crippen LogP contribution in [0.5, 0.6) is 0 Å². The van der Waals surface area contributed by atoms with Gasteiger partial charge in [-0.2, -0.15) is 0 Å². The van der Waals surface area contributed by atoms with Crippen LogP contribution in [0.15, 0.2) is 168 Å². The summed E-state index contributed by atoms with van der Waals surface area (Å²) in [5.41, 5.74) is 9.86. The number of hydrogen-bond donors (Lipinski definition) is 0. The number of para-hydroxylation sites is 1. The van der Waals surface area contributed by atoms with Crippen molar-refractivity contribution in [3.8, 4) is 22.3 Å². The molecule has 0 aliphatic heterocycles. The van der Waals surface area contributed by atoms with Crippen LogP contribution < -0.4 is 4.90 Å². The molecule has 7 aromatic carbocycles. The number of hydrogen-bond acceptors (Lipinski definition) is 3.